The van der Waals surface area contributed by atoms with E-state index in [0.29, 0.717) is 24.0 Å². The third kappa shape index (κ3) is 14.2. The second-order valence-electron chi connectivity index (χ2n) is 6.98. The Hall–Kier alpha value is -0.521. The minimum absolute atomic E-state index is 0. The van der Waals surface area contributed by atoms with Crippen molar-refractivity contribution >= 4 is 35.8 Å². The molecule has 0 N–H and O–H groups in total. The second kappa shape index (κ2) is 20.2. The molecule has 0 aliphatic heterocycles. The van der Waals surface area contributed by atoms with E-state index in [1.165, 1.54) is 65.6 Å². The van der Waals surface area contributed by atoms with Gasteiger partial charge in [0.15, 0.2) is 0 Å². The van der Waals surface area contributed by atoms with Gasteiger partial charge < -0.3 is 9.47 Å². The average molecular weight is 489 g/mol. The fraction of sp³-hybridized carbons (Fsp3) is 0.818. The molecule has 0 saturated heterocycles. The van der Waals surface area contributed by atoms with E-state index in [4.69, 9.17) is 9.47 Å². The molecule has 4 nitrogen and oxygen atoms in total. The van der Waals surface area contributed by atoms with E-state index in [1.54, 1.807) is 0 Å². The summed E-state index contributed by atoms with van der Waals surface area (Å²) in [7, 11) is 2.76. The molecular formula is C22H42O4Sn. The predicted molar refractivity (Wildman–Crippen MR) is 116 cm³/mol. The molecule has 5 heteroatoms. The first-order valence-corrected chi connectivity index (χ1v) is 10.5. The van der Waals surface area contributed by atoms with Gasteiger partial charge in [-0.15, -0.1) is 0 Å². The Balaban J connectivity index is 0. The molecule has 0 fully saturated rings. The molecule has 0 saturated carbocycles. The van der Waals surface area contributed by atoms with Crippen LogP contribution in [0.3, 0.4) is 0 Å². The van der Waals surface area contributed by atoms with Crippen LogP contribution < -0.4 is 0 Å². The van der Waals surface area contributed by atoms with Gasteiger partial charge in [0.05, 0.1) is 14.2 Å². The van der Waals surface area contributed by atoms with Crippen molar-refractivity contribution in [1.29, 1.82) is 0 Å². The van der Waals surface area contributed by atoms with Crippen LogP contribution in [0.2, 0.25) is 0 Å². The van der Waals surface area contributed by atoms with E-state index < -0.39 is 0 Å². The summed E-state index contributed by atoms with van der Waals surface area (Å²) in [5, 5.41) is 0. The summed E-state index contributed by atoms with van der Waals surface area (Å²) >= 11 is 0. The quantitative estimate of drug-likeness (QED) is 0.129. The Morgan fingerprint density at radius 3 is 1.15 bits per heavy atom. The molecule has 0 amide bonds. The number of hydrogen-bond acceptors (Lipinski definition) is 4. The zero-order valence-corrected chi connectivity index (χ0v) is 22.3. The molecule has 0 aromatic rings. The molecule has 158 valence electrons. The molecule has 0 aromatic heterocycles. The minimum atomic E-state index is -0.384. The van der Waals surface area contributed by atoms with Gasteiger partial charge in [0.1, 0.15) is 0 Å². The van der Waals surface area contributed by atoms with Gasteiger partial charge in [0, 0.05) is 11.1 Å². The van der Waals surface area contributed by atoms with Crippen LogP contribution >= 0.6 is 0 Å². The fourth-order valence-electron chi connectivity index (χ4n) is 3.16. The van der Waals surface area contributed by atoms with Crippen LogP contribution in [-0.2, 0) is 19.1 Å². The van der Waals surface area contributed by atoms with E-state index in [-0.39, 0.29) is 35.8 Å². The number of carbonyl (C=O) groups is 2. The van der Waals surface area contributed by atoms with Crippen LogP contribution in [0.4, 0.5) is 0 Å². The summed E-state index contributed by atoms with van der Waals surface area (Å²) < 4.78 is 9.88. The molecule has 0 bridgehead atoms. The van der Waals surface area contributed by atoms with E-state index in [2.05, 4.69) is 13.8 Å². The van der Waals surface area contributed by atoms with Crippen molar-refractivity contribution in [3.63, 3.8) is 0 Å². The van der Waals surface area contributed by atoms with Gasteiger partial charge in [-0.25, -0.2) is 9.59 Å². The van der Waals surface area contributed by atoms with Crippen LogP contribution in [-0.4, -0.2) is 50.1 Å². The molecule has 0 rings (SSSR count). The van der Waals surface area contributed by atoms with Gasteiger partial charge in [-0.2, -0.15) is 0 Å². The van der Waals surface area contributed by atoms with Crippen molar-refractivity contribution in [3.05, 3.63) is 11.1 Å². The Morgan fingerprint density at radius 2 is 0.852 bits per heavy atom. The third-order valence-corrected chi connectivity index (χ3v) is 4.79. The first kappa shape index (κ1) is 28.7. The van der Waals surface area contributed by atoms with Crippen LogP contribution in [0, 0.1) is 0 Å². The van der Waals surface area contributed by atoms with Gasteiger partial charge in [-0.05, 0) is 25.7 Å². The molecule has 2 radical (unpaired) electrons. The first-order valence-electron chi connectivity index (χ1n) is 10.5. The summed E-state index contributed by atoms with van der Waals surface area (Å²) in [6, 6.07) is 0. The van der Waals surface area contributed by atoms with Crippen molar-refractivity contribution in [2.45, 2.75) is 104 Å². The molecule has 0 aliphatic rings. The monoisotopic (exact) mass is 490 g/mol. The number of methoxy groups -OCH3 is 2. The number of hydrogen-bond donors (Lipinski definition) is 0. The third-order valence-electron chi connectivity index (χ3n) is 4.79. The second-order valence-corrected chi connectivity index (χ2v) is 6.98. The molecule has 0 unspecified atom stereocenters. The Morgan fingerprint density at radius 1 is 0.556 bits per heavy atom. The molecular weight excluding hydrogens is 447 g/mol. The number of esters is 2. The normalized spacial score (nSPS) is 11.4. The Kier molecular flexibility index (Phi) is 21.5. The summed E-state index contributed by atoms with van der Waals surface area (Å²) in [5.74, 6) is -0.769. The molecule has 0 aliphatic carbocycles. The SMILES string of the molecule is CCCCCCCC/C(C(=O)OC)=C(\CCCCCCCC)C(=O)OC.[SnH2]. The maximum absolute atomic E-state index is 12.2. The van der Waals surface area contributed by atoms with Crippen molar-refractivity contribution in [3.8, 4) is 0 Å². The van der Waals surface area contributed by atoms with Gasteiger partial charge in [0.25, 0.3) is 0 Å². The average Bonchev–Trinajstić information content (AvgIpc) is 2.66. The van der Waals surface area contributed by atoms with E-state index >= 15 is 0 Å². The number of unbranched alkanes of at least 4 members (excludes halogenated alkanes) is 10. The Bertz CT molecular complexity index is 381. The topological polar surface area (TPSA) is 52.6 Å². The van der Waals surface area contributed by atoms with Crippen molar-refractivity contribution in [1.82, 2.24) is 0 Å². The maximum atomic E-state index is 12.2. The van der Waals surface area contributed by atoms with Crippen LogP contribution in [0.1, 0.15) is 104 Å². The molecule has 27 heavy (non-hydrogen) atoms. The van der Waals surface area contributed by atoms with E-state index in [0.717, 1.165) is 25.7 Å². The van der Waals surface area contributed by atoms with Crippen molar-refractivity contribution in [2.24, 2.45) is 0 Å². The van der Waals surface area contributed by atoms with Gasteiger partial charge in [-0.1, -0.05) is 78.1 Å². The summed E-state index contributed by atoms with van der Waals surface area (Å²) in [4.78, 5) is 24.5. The first-order chi connectivity index (χ1) is 12.6. The van der Waals surface area contributed by atoms with Gasteiger partial charge >= 0.3 is 35.8 Å². The molecule has 0 spiro atoms. The van der Waals surface area contributed by atoms with E-state index in [9.17, 15) is 9.59 Å². The van der Waals surface area contributed by atoms with Crippen LogP contribution in [0.25, 0.3) is 0 Å². The van der Waals surface area contributed by atoms with Crippen LogP contribution in [0.5, 0.6) is 0 Å². The van der Waals surface area contributed by atoms with Gasteiger partial charge in [0.2, 0.25) is 0 Å². The van der Waals surface area contributed by atoms with Crippen LogP contribution in [0.15, 0.2) is 11.1 Å². The molecule has 0 atom stereocenters. The summed E-state index contributed by atoms with van der Waals surface area (Å²) in [6.45, 7) is 4.39. The zero-order valence-electron chi connectivity index (χ0n) is 18.2. The molecule has 0 heterocycles. The zero-order chi connectivity index (χ0) is 19.6. The predicted octanol–water partition coefficient (Wildman–Crippen LogP) is 5.21. The van der Waals surface area contributed by atoms with Gasteiger partial charge in [-0.3, -0.25) is 0 Å². The number of ether oxygens (including phenoxy) is 2. The fourth-order valence-corrected chi connectivity index (χ4v) is 3.16. The standard InChI is InChI=1S/C22H40O4.Sn.2H/c1-5-7-9-11-13-15-17-19(21(23)25-3)20(22(24)26-4)18-16-14-12-10-8-6-2;;;/h5-18H2,1-4H3;;;/b20-19-;;;. The summed E-state index contributed by atoms with van der Waals surface area (Å²) in [6.07, 6.45) is 14.9. The number of carbonyl (C=O) groups excluding carboxylic acids is 2. The Labute approximate surface area is 183 Å². The summed E-state index contributed by atoms with van der Waals surface area (Å²) in [5.41, 5.74) is 1.03. The number of rotatable bonds is 16. The molecule has 0 aromatic carbocycles. The van der Waals surface area contributed by atoms with Crippen molar-refractivity contribution in [2.75, 3.05) is 14.2 Å². The van der Waals surface area contributed by atoms with E-state index in [1.807, 2.05) is 0 Å². The van der Waals surface area contributed by atoms with Crippen molar-refractivity contribution < 1.29 is 19.1 Å².